The molecule has 1 saturated carbocycles. The molecular weight excluding hydrogens is 172 g/mol. The predicted molar refractivity (Wildman–Crippen MR) is 51.5 cm³/mol. The fourth-order valence-electron chi connectivity index (χ4n) is 1.30. The molecule has 0 bridgehead atoms. The Hall–Kier alpha value is -0.180. The highest BCUT2D eigenvalue weighted by Gasteiger charge is 2.43. The summed E-state index contributed by atoms with van der Waals surface area (Å²) in [5.74, 6) is 1.58. The van der Waals surface area contributed by atoms with Crippen LogP contribution in [-0.4, -0.2) is 22.6 Å². The average Bonchev–Trinajstić information content (AvgIpc) is 2.69. The molecule has 0 saturated heterocycles. The van der Waals surface area contributed by atoms with Crippen LogP contribution < -0.4 is 0 Å². The van der Waals surface area contributed by atoms with Gasteiger partial charge in [0.15, 0.2) is 0 Å². The zero-order valence-corrected chi connectivity index (χ0v) is 8.32. The molecule has 0 amide bonds. The van der Waals surface area contributed by atoms with Crippen LogP contribution in [0.1, 0.15) is 32.6 Å². The summed E-state index contributed by atoms with van der Waals surface area (Å²) in [6.45, 7) is 2.16. The fourth-order valence-corrected chi connectivity index (χ4v) is 2.56. The molecule has 1 fully saturated rings. The zero-order chi connectivity index (χ0) is 9.03. The number of carboxylic acid groups (broad SMARTS) is 1. The van der Waals surface area contributed by atoms with Crippen molar-refractivity contribution in [2.24, 2.45) is 5.41 Å². The Morgan fingerprint density at radius 1 is 1.58 bits per heavy atom. The smallest absolute Gasteiger partial charge is 0.303 e. The van der Waals surface area contributed by atoms with Gasteiger partial charge in [0.25, 0.3) is 0 Å². The lowest BCUT2D eigenvalue weighted by atomic mass is 10.1. The van der Waals surface area contributed by atoms with E-state index in [4.69, 9.17) is 5.11 Å². The van der Waals surface area contributed by atoms with Crippen LogP contribution in [0.3, 0.4) is 0 Å². The molecule has 0 aromatic heterocycles. The summed E-state index contributed by atoms with van der Waals surface area (Å²) < 4.78 is 0. The minimum Gasteiger partial charge on any atom is -0.481 e. The van der Waals surface area contributed by atoms with E-state index in [1.807, 2.05) is 11.8 Å². The molecule has 70 valence electrons. The fraction of sp³-hybridized carbons (Fsp3) is 0.889. The standard InChI is InChI=1S/C9H16O2S/c1-2-5-12-7-9(3-4-9)6-8(10)11/h2-7H2,1H3,(H,10,11). The molecule has 12 heavy (non-hydrogen) atoms. The SMILES string of the molecule is CCCSCC1(CC(=O)O)CC1. The number of hydrogen-bond donors (Lipinski definition) is 1. The molecule has 0 unspecified atom stereocenters. The maximum absolute atomic E-state index is 10.5. The van der Waals surface area contributed by atoms with Crippen molar-refractivity contribution >= 4 is 17.7 Å². The number of rotatable bonds is 6. The van der Waals surface area contributed by atoms with Crippen LogP contribution in [0.5, 0.6) is 0 Å². The van der Waals surface area contributed by atoms with E-state index in [0.29, 0.717) is 6.42 Å². The van der Waals surface area contributed by atoms with Crippen molar-refractivity contribution in [3.05, 3.63) is 0 Å². The normalized spacial score (nSPS) is 19.1. The van der Waals surface area contributed by atoms with Crippen molar-refractivity contribution in [2.75, 3.05) is 11.5 Å². The molecule has 0 heterocycles. The highest BCUT2D eigenvalue weighted by atomic mass is 32.2. The zero-order valence-electron chi connectivity index (χ0n) is 7.51. The van der Waals surface area contributed by atoms with Gasteiger partial charge in [0, 0.05) is 0 Å². The maximum Gasteiger partial charge on any atom is 0.303 e. The first-order valence-corrected chi connectivity index (χ1v) is 5.63. The monoisotopic (exact) mass is 188 g/mol. The predicted octanol–water partition coefficient (Wildman–Crippen LogP) is 2.38. The second-order valence-electron chi connectivity index (χ2n) is 3.62. The molecular formula is C9H16O2S. The molecule has 0 atom stereocenters. The topological polar surface area (TPSA) is 37.3 Å². The van der Waals surface area contributed by atoms with Crippen LogP contribution in [0.2, 0.25) is 0 Å². The van der Waals surface area contributed by atoms with Crippen molar-refractivity contribution in [1.82, 2.24) is 0 Å². The molecule has 1 rings (SSSR count). The molecule has 0 aliphatic heterocycles. The van der Waals surface area contributed by atoms with E-state index >= 15 is 0 Å². The van der Waals surface area contributed by atoms with Crippen molar-refractivity contribution in [1.29, 1.82) is 0 Å². The van der Waals surface area contributed by atoms with Crippen LogP contribution in [0.25, 0.3) is 0 Å². The van der Waals surface area contributed by atoms with Crippen molar-refractivity contribution < 1.29 is 9.90 Å². The minimum atomic E-state index is -0.635. The summed E-state index contributed by atoms with van der Waals surface area (Å²) in [7, 11) is 0. The number of thioether (sulfide) groups is 1. The van der Waals surface area contributed by atoms with Crippen LogP contribution in [0.4, 0.5) is 0 Å². The van der Waals surface area contributed by atoms with Crippen LogP contribution in [0, 0.1) is 5.41 Å². The molecule has 2 nitrogen and oxygen atoms in total. The van der Waals surface area contributed by atoms with E-state index < -0.39 is 5.97 Å². The van der Waals surface area contributed by atoms with E-state index in [1.54, 1.807) is 0 Å². The second-order valence-corrected chi connectivity index (χ2v) is 4.73. The summed E-state index contributed by atoms with van der Waals surface area (Å²) in [6.07, 6.45) is 3.81. The number of aliphatic carboxylic acids is 1. The van der Waals surface area contributed by atoms with Gasteiger partial charge in [0.2, 0.25) is 0 Å². The van der Waals surface area contributed by atoms with Crippen LogP contribution >= 0.6 is 11.8 Å². The van der Waals surface area contributed by atoms with Crippen molar-refractivity contribution in [2.45, 2.75) is 32.6 Å². The van der Waals surface area contributed by atoms with Crippen LogP contribution in [0.15, 0.2) is 0 Å². The van der Waals surface area contributed by atoms with E-state index in [0.717, 1.165) is 18.6 Å². The molecule has 0 aromatic carbocycles. The van der Waals surface area contributed by atoms with E-state index in [9.17, 15) is 4.79 Å². The maximum atomic E-state index is 10.5. The van der Waals surface area contributed by atoms with Crippen molar-refractivity contribution in [3.8, 4) is 0 Å². The van der Waals surface area contributed by atoms with E-state index in [-0.39, 0.29) is 5.41 Å². The summed E-state index contributed by atoms with van der Waals surface area (Å²) >= 11 is 1.90. The van der Waals surface area contributed by atoms with Crippen molar-refractivity contribution in [3.63, 3.8) is 0 Å². The Labute approximate surface area is 77.7 Å². The third-order valence-electron chi connectivity index (χ3n) is 2.24. The van der Waals surface area contributed by atoms with Gasteiger partial charge < -0.3 is 5.11 Å². The molecule has 1 aliphatic carbocycles. The Morgan fingerprint density at radius 2 is 2.25 bits per heavy atom. The van der Waals surface area contributed by atoms with Gasteiger partial charge in [0.1, 0.15) is 0 Å². The average molecular weight is 188 g/mol. The number of hydrogen-bond acceptors (Lipinski definition) is 2. The van der Waals surface area contributed by atoms with E-state index in [2.05, 4.69) is 6.92 Å². The second kappa shape index (κ2) is 4.17. The van der Waals surface area contributed by atoms with Gasteiger partial charge >= 0.3 is 5.97 Å². The molecule has 3 heteroatoms. The number of carboxylic acids is 1. The lowest BCUT2D eigenvalue weighted by Gasteiger charge is -2.10. The van der Waals surface area contributed by atoms with Gasteiger partial charge in [-0.05, 0) is 36.2 Å². The first-order chi connectivity index (χ1) is 5.68. The first kappa shape index (κ1) is 9.90. The van der Waals surface area contributed by atoms with E-state index in [1.165, 1.54) is 12.2 Å². The van der Waals surface area contributed by atoms with Gasteiger partial charge in [-0.1, -0.05) is 6.92 Å². The molecule has 0 radical (unpaired) electrons. The highest BCUT2D eigenvalue weighted by molar-refractivity contribution is 7.99. The largest absolute Gasteiger partial charge is 0.481 e. The molecule has 0 spiro atoms. The first-order valence-electron chi connectivity index (χ1n) is 4.48. The summed E-state index contributed by atoms with van der Waals surface area (Å²) in [6, 6.07) is 0. The van der Waals surface area contributed by atoms with Crippen LogP contribution in [-0.2, 0) is 4.79 Å². The Morgan fingerprint density at radius 3 is 2.67 bits per heavy atom. The lowest BCUT2D eigenvalue weighted by Crippen LogP contribution is -2.11. The third-order valence-corrected chi connectivity index (χ3v) is 3.75. The lowest BCUT2D eigenvalue weighted by molar-refractivity contribution is -0.138. The highest BCUT2D eigenvalue weighted by Crippen LogP contribution is 2.50. The third kappa shape index (κ3) is 3.05. The Kier molecular flexibility index (Phi) is 3.44. The Balaban J connectivity index is 2.16. The summed E-state index contributed by atoms with van der Waals surface area (Å²) in [5.41, 5.74) is 0.186. The minimum absolute atomic E-state index is 0.186. The Bertz CT molecular complexity index is 164. The molecule has 1 N–H and O–H groups in total. The molecule has 1 aliphatic rings. The number of carbonyl (C=O) groups is 1. The quantitative estimate of drug-likeness (QED) is 0.650. The van der Waals surface area contributed by atoms with Gasteiger partial charge in [-0.15, -0.1) is 0 Å². The van der Waals surface area contributed by atoms with Gasteiger partial charge in [-0.2, -0.15) is 11.8 Å². The van der Waals surface area contributed by atoms with Gasteiger partial charge in [-0.25, -0.2) is 0 Å². The van der Waals surface area contributed by atoms with Gasteiger partial charge in [0.05, 0.1) is 6.42 Å². The van der Waals surface area contributed by atoms with Gasteiger partial charge in [-0.3, -0.25) is 4.79 Å². The summed E-state index contributed by atoms with van der Waals surface area (Å²) in [4.78, 5) is 10.5. The molecule has 0 aromatic rings. The summed E-state index contributed by atoms with van der Waals surface area (Å²) in [5, 5.41) is 8.64.